The fourth-order valence-electron chi connectivity index (χ4n) is 2.38. The summed E-state index contributed by atoms with van der Waals surface area (Å²) < 4.78 is 17.9. The molecule has 2 aromatic rings. The van der Waals surface area contributed by atoms with E-state index < -0.39 is 5.91 Å². The lowest BCUT2D eigenvalue weighted by Gasteiger charge is -2.14. The number of carbonyl (C=O) groups excluding carboxylic acids is 2. The van der Waals surface area contributed by atoms with Crippen molar-refractivity contribution in [3.63, 3.8) is 0 Å². The van der Waals surface area contributed by atoms with Crippen molar-refractivity contribution in [1.29, 1.82) is 0 Å². The Morgan fingerprint density at radius 3 is 2.35 bits per heavy atom. The molecule has 0 spiro atoms. The average molecular weight is 358 g/mol. The van der Waals surface area contributed by atoms with Gasteiger partial charge in [-0.3, -0.25) is 9.59 Å². The number of nitrogens with one attached hydrogen (secondary N) is 2. The molecule has 0 unspecified atom stereocenters. The molecule has 0 aromatic heterocycles. The Hall–Kier alpha value is -2.73. The van der Waals surface area contributed by atoms with Gasteiger partial charge in [0, 0.05) is 11.7 Å². The van der Waals surface area contributed by atoms with Gasteiger partial charge >= 0.3 is 0 Å². The standard InChI is InChI=1S/C20H23FN2O3/c1-15(7-8-16-5-3-2-4-6-16)22-19(24)13-26-14-20(25)23-18-11-9-17(21)10-12-18/h2-6,9-12,15H,7-8,13-14H2,1H3,(H,22,24)(H,23,25)/t15-/m1/s1. The second kappa shape index (κ2) is 10.3. The molecule has 0 saturated carbocycles. The molecule has 1 atom stereocenters. The molecule has 138 valence electrons. The number of aryl methyl sites for hydroxylation is 1. The quantitative estimate of drug-likeness (QED) is 0.724. The van der Waals surface area contributed by atoms with E-state index in [1.54, 1.807) is 0 Å². The SMILES string of the molecule is C[C@H](CCc1ccccc1)NC(=O)COCC(=O)Nc1ccc(F)cc1. The van der Waals surface area contributed by atoms with Gasteiger partial charge in [-0.1, -0.05) is 30.3 Å². The maximum absolute atomic E-state index is 12.8. The highest BCUT2D eigenvalue weighted by molar-refractivity contribution is 5.91. The highest BCUT2D eigenvalue weighted by Crippen LogP contribution is 2.08. The Bertz CT molecular complexity index is 705. The second-order valence-corrected chi connectivity index (χ2v) is 6.04. The van der Waals surface area contributed by atoms with Crippen molar-refractivity contribution in [3.05, 3.63) is 66.0 Å². The van der Waals surface area contributed by atoms with Crippen molar-refractivity contribution in [1.82, 2.24) is 5.32 Å². The Labute approximate surface area is 152 Å². The number of anilines is 1. The van der Waals surface area contributed by atoms with E-state index in [2.05, 4.69) is 22.8 Å². The van der Waals surface area contributed by atoms with E-state index in [1.165, 1.54) is 29.8 Å². The summed E-state index contributed by atoms with van der Waals surface area (Å²) in [5, 5.41) is 5.40. The van der Waals surface area contributed by atoms with E-state index in [1.807, 2.05) is 25.1 Å². The highest BCUT2D eigenvalue weighted by Gasteiger charge is 2.09. The second-order valence-electron chi connectivity index (χ2n) is 6.04. The molecule has 5 nitrogen and oxygen atoms in total. The largest absolute Gasteiger partial charge is 0.362 e. The summed E-state index contributed by atoms with van der Waals surface area (Å²) >= 11 is 0. The molecule has 26 heavy (non-hydrogen) atoms. The van der Waals surface area contributed by atoms with Crippen LogP contribution in [0.1, 0.15) is 18.9 Å². The van der Waals surface area contributed by atoms with Crippen molar-refractivity contribution < 1.29 is 18.7 Å². The minimum absolute atomic E-state index is 0.0133. The molecule has 0 bridgehead atoms. The molecule has 2 N–H and O–H groups in total. The first-order chi connectivity index (χ1) is 12.5. The third-order valence-corrected chi connectivity index (χ3v) is 3.71. The van der Waals surface area contributed by atoms with Crippen LogP contribution in [-0.4, -0.2) is 31.1 Å². The summed E-state index contributed by atoms with van der Waals surface area (Å²) in [6.45, 7) is 1.50. The van der Waals surface area contributed by atoms with Gasteiger partial charge in [0.2, 0.25) is 11.8 Å². The number of amides is 2. The van der Waals surface area contributed by atoms with E-state index in [0.29, 0.717) is 5.69 Å². The van der Waals surface area contributed by atoms with Gasteiger partial charge in [0.15, 0.2) is 0 Å². The molecule has 2 amide bonds. The van der Waals surface area contributed by atoms with Crippen LogP contribution in [0.15, 0.2) is 54.6 Å². The number of ether oxygens (including phenoxy) is 1. The van der Waals surface area contributed by atoms with Gasteiger partial charge in [-0.15, -0.1) is 0 Å². The van der Waals surface area contributed by atoms with E-state index in [-0.39, 0.29) is 31.0 Å². The monoisotopic (exact) mass is 358 g/mol. The lowest BCUT2D eigenvalue weighted by molar-refractivity contribution is -0.129. The number of rotatable bonds is 9. The van der Waals surface area contributed by atoms with E-state index in [9.17, 15) is 14.0 Å². The van der Waals surface area contributed by atoms with Crippen LogP contribution in [0.2, 0.25) is 0 Å². The molecule has 2 aromatic carbocycles. The Kier molecular flexibility index (Phi) is 7.76. The molecule has 0 saturated heterocycles. The fraction of sp³-hybridized carbons (Fsp3) is 0.300. The number of benzene rings is 2. The maximum atomic E-state index is 12.8. The zero-order valence-corrected chi connectivity index (χ0v) is 14.7. The molecule has 0 fully saturated rings. The summed E-state index contributed by atoms with van der Waals surface area (Å²) in [7, 11) is 0. The molecular weight excluding hydrogens is 335 g/mol. The van der Waals surface area contributed by atoms with Gasteiger partial charge in [-0.2, -0.15) is 0 Å². The molecule has 6 heteroatoms. The van der Waals surface area contributed by atoms with E-state index in [0.717, 1.165) is 12.8 Å². The topological polar surface area (TPSA) is 67.4 Å². The maximum Gasteiger partial charge on any atom is 0.250 e. The zero-order chi connectivity index (χ0) is 18.8. The minimum Gasteiger partial charge on any atom is -0.362 e. The Morgan fingerprint density at radius 1 is 1.00 bits per heavy atom. The van der Waals surface area contributed by atoms with Crippen LogP contribution in [-0.2, 0) is 20.7 Å². The molecular formula is C20H23FN2O3. The van der Waals surface area contributed by atoms with Crippen LogP contribution < -0.4 is 10.6 Å². The number of carbonyl (C=O) groups is 2. The third-order valence-electron chi connectivity index (χ3n) is 3.71. The fourth-order valence-corrected chi connectivity index (χ4v) is 2.38. The first kappa shape index (κ1) is 19.6. The van der Waals surface area contributed by atoms with Crippen molar-refractivity contribution in [3.8, 4) is 0 Å². The van der Waals surface area contributed by atoms with Crippen LogP contribution >= 0.6 is 0 Å². The molecule has 2 rings (SSSR count). The van der Waals surface area contributed by atoms with Crippen LogP contribution in [0.3, 0.4) is 0 Å². The van der Waals surface area contributed by atoms with Gasteiger partial charge in [0.25, 0.3) is 0 Å². The Morgan fingerprint density at radius 2 is 1.65 bits per heavy atom. The zero-order valence-electron chi connectivity index (χ0n) is 14.7. The van der Waals surface area contributed by atoms with Gasteiger partial charge in [-0.05, 0) is 49.6 Å². The normalized spacial score (nSPS) is 11.6. The summed E-state index contributed by atoms with van der Waals surface area (Å²) in [5.74, 6) is -1.04. The van der Waals surface area contributed by atoms with Crippen molar-refractivity contribution in [2.75, 3.05) is 18.5 Å². The molecule has 0 aliphatic heterocycles. The lowest BCUT2D eigenvalue weighted by Crippen LogP contribution is -2.36. The lowest BCUT2D eigenvalue weighted by atomic mass is 10.1. The number of hydrogen-bond acceptors (Lipinski definition) is 3. The summed E-state index contributed by atoms with van der Waals surface area (Å²) in [6.07, 6.45) is 1.70. The Balaban J connectivity index is 1.60. The van der Waals surface area contributed by atoms with E-state index >= 15 is 0 Å². The van der Waals surface area contributed by atoms with Gasteiger partial charge in [-0.25, -0.2) is 4.39 Å². The van der Waals surface area contributed by atoms with Crippen LogP contribution in [0.5, 0.6) is 0 Å². The highest BCUT2D eigenvalue weighted by atomic mass is 19.1. The predicted molar refractivity (Wildman–Crippen MR) is 98.2 cm³/mol. The van der Waals surface area contributed by atoms with Crippen molar-refractivity contribution >= 4 is 17.5 Å². The molecule has 0 heterocycles. The third kappa shape index (κ3) is 7.44. The first-order valence-electron chi connectivity index (χ1n) is 8.49. The van der Waals surface area contributed by atoms with Gasteiger partial charge in [0.1, 0.15) is 19.0 Å². The van der Waals surface area contributed by atoms with Crippen LogP contribution in [0.25, 0.3) is 0 Å². The summed E-state index contributed by atoms with van der Waals surface area (Å²) in [4.78, 5) is 23.5. The number of halogens is 1. The van der Waals surface area contributed by atoms with E-state index in [4.69, 9.17) is 4.74 Å². The minimum atomic E-state index is -0.401. The van der Waals surface area contributed by atoms with Gasteiger partial charge in [0.05, 0.1) is 0 Å². The predicted octanol–water partition coefficient (Wildman–Crippen LogP) is 2.92. The molecule has 0 aliphatic rings. The smallest absolute Gasteiger partial charge is 0.250 e. The number of hydrogen-bond donors (Lipinski definition) is 2. The molecule has 0 aliphatic carbocycles. The van der Waals surface area contributed by atoms with Crippen molar-refractivity contribution in [2.45, 2.75) is 25.8 Å². The van der Waals surface area contributed by atoms with Crippen LogP contribution in [0.4, 0.5) is 10.1 Å². The van der Waals surface area contributed by atoms with Crippen LogP contribution in [0, 0.1) is 5.82 Å². The first-order valence-corrected chi connectivity index (χ1v) is 8.49. The van der Waals surface area contributed by atoms with Crippen molar-refractivity contribution in [2.24, 2.45) is 0 Å². The summed E-state index contributed by atoms with van der Waals surface area (Å²) in [5.41, 5.74) is 1.70. The summed E-state index contributed by atoms with van der Waals surface area (Å²) in [6, 6.07) is 15.5. The van der Waals surface area contributed by atoms with Gasteiger partial charge < -0.3 is 15.4 Å². The average Bonchev–Trinajstić information content (AvgIpc) is 2.63. The molecule has 0 radical (unpaired) electrons.